The monoisotopic (exact) mass is 314 g/mol. The van der Waals surface area contributed by atoms with Crippen LogP contribution in [0.25, 0.3) is 0 Å². The molecule has 0 saturated heterocycles. The fourth-order valence-electron chi connectivity index (χ4n) is 0.331. The number of hydrogen-bond donors (Lipinski definition) is 1. The van der Waals surface area contributed by atoms with Crippen molar-refractivity contribution in [2.24, 2.45) is 10.7 Å². The number of amidine groups is 1. The molecule has 2 N–H and O–H groups in total. The highest BCUT2D eigenvalue weighted by Gasteiger charge is 1.98. The van der Waals surface area contributed by atoms with Crippen molar-refractivity contribution in [3.8, 4) is 0 Å². The van der Waals surface area contributed by atoms with Crippen molar-refractivity contribution in [2.75, 3.05) is 0 Å². The lowest BCUT2D eigenvalue weighted by molar-refractivity contribution is 1.51. The van der Waals surface area contributed by atoms with Crippen LogP contribution in [0.5, 0.6) is 0 Å². The minimum atomic E-state index is 0.491. The maximum Gasteiger partial charge on any atom is 0.137 e. The van der Waals surface area contributed by atoms with Gasteiger partial charge in [-0.2, -0.15) is 0 Å². The molecule has 0 spiro atoms. The van der Waals surface area contributed by atoms with Gasteiger partial charge in [0.05, 0.1) is 3.58 Å². The average molecular weight is 315 g/mol. The van der Waals surface area contributed by atoms with E-state index in [1.165, 1.54) is 6.20 Å². The summed E-state index contributed by atoms with van der Waals surface area (Å²) in [6.07, 6.45) is 1.42. The molecule has 2 nitrogen and oxygen atoms in total. The molecule has 0 aromatic carbocycles. The average Bonchev–Trinajstić information content (AvgIpc) is 1.87. The van der Waals surface area contributed by atoms with Crippen molar-refractivity contribution < 1.29 is 0 Å². The number of nitrogens with zero attached hydrogens (tertiary/aromatic N) is 1. The van der Waals surface area contributed by atoms with Crippen LogP contribution in [0.15, 0.2) is 25.8 Å². The van der Waals surface area contributed by atoms with Gasteiger partial charge < -0.3 is 5.73 Å². The first-order chi connectivity index (χ1) is 4.59. The second-order valence-electron chi connectivity index (χ2n) is 1.54. The van der Waals surface area contributed by atoms with Gasteiger partial charge in [-0.3, -0.25) is 0 Å². The number of rotatable bonds is 2. The molecule has 0 aromatic heterocycles. The topological polar surface area (TPSA) is 38.4 Å². The summed E-state index contributed by atoms with van der Waals surface area (Å²) in [7, 11) is 0. The van der Waals surface area contributed by atoms with Crippen molar-refractivity contribution in [3.63, 3.8) is 0 Å². The summed E-state index contributed by atoms with van der Waals surface area (Å²) in [6, 6.07) is 0. The minimum absolute atomic E-state index is 0.491. The van der Waals surface area contributed by atoms with Crippen LogP contribution in [-0.4, -0.2) is 5.84 Å². The molecule has 0 rings (SSSR count). The lowest BCUT2D eigenvalue weighted by atomic mass is 10.5. The molecule has 0 aliphatic carbocycles. The summed E-state index contributed by atoms with van der Waals surface area (Å²) < 4.78 is 1.90. The zero-order valence-electron chi connectivity index (χ0n) is 5.56. The number of allylic oxidation sites excluding steroid dienone is 1. The first kappa shape index (κ1) is 10.2. The third-order valence-electron chi connectivity index (χ3n) is 0.758. The molecule has 0 unspecified atom stereocenters. The zero-order valence-corrected chi connectivity index (χ0v) is 9.31. The highest BCUT2D eigenvalue weighted by molar-refractivity contribution is 14.1. The predicted molar refractivity (Wildman–Crippen MR) is 57.5 cm³/mol. The van der Waals surface area contributed by atoms with Crippen LogP contribution < -0.4 is 5.73 Å². The third-order valence-corrected chi connectivity index (χ3v) is 3.26. The van der Waals surface area contributed by atoms with Gasteiger partial charge in [-0.1, -0.05) is 22.5 Å². The Kier molecular flexibility index (Phi) is 4.98. The lowest BCUT2D eigenvalue weighted by Gasteiger charge is -1.96. The van der Waals surface area contributed by atoms with Gasteiger partial charge >= 0.3 is 0 Å². The van der Waals surface area contributed by atoms with E-state index in [1.54, 1.807) is 0 Å². The van der Waals surface area contributed by atoms with E-state index in [-0.39, 0.29) is 0 Å². The molecular formula is C6H8BrIN2. The maximum absolute atomic E-state index is 5.51. The predicted octanol–water partition coefficient (Wildman–Crippen LogP) is 2.55. The van der Waals surface area contributed by atoms with Crippen LogP contribution in [0.4, 0.5) is 0 Å². The van der Waals surface area contributed by atoms with Gasteiger partial charge in [0.1, 0.15) is 5.84 Å². The highest BCUT2D eigenvalue weighted by atomic mass is 127. The van der Waals surface area contributed by atoms with Crippen molar-refractivity contribution in [2.45, 2.75) is 6.92 Å². The SMILES string of the molecule is C=C/N=C(N)\C(I)=C(/C)Br. The van der Waals surface area contributed by atoms with E-state index in [2.05, 4.69) is 50.1 Å². The van der Waals surface area contributed by atoms with Crippen molar-refractivity contribution in [3.05, 3.63) is 20.8 Å². The fraction of sp³-hybridized carbons (Fsp3) is 0.167. The Morgan fingerprint density at radius 1 is 1.80 bits per heavy atom. The van der Waals surface area contributed by atoms with Crippen LogP contribution in [0.1, 0.15) is 6.92 Å². The quantitative estimate of drug-likeness (QED) is 0.475. The van der Waals surface area contributed by atoms with Crippen molar-refractivity contribution in [1.29, 1.82) is 0 Å². The third kappa shape index (κ3) is 3.36. The number of hydrogen-bond acceptors (Lipinski definition) is 1. The van der Waals surface area contributed by atoms with Gasteiger partial charge in [0.15, 0.2) is 0 Å². The summed E-state index contributed by atoms with van der Waals surface area (Å²) >= 11 is 5.40. The Bertz CT molecular complexity index is 192. The first-order valence-electron chi connectivity index (χ1n) is 2.56. The number of aliphatic imine (C=N–C) groups is 1. The van der Waals surface area contributed by atoms with Gasteiger partial charge in [0.2, 0.25) is 0 Å². The standard InChI is InChI=1S/C6H8BrIN2/c1-3-10-6(9)5(8)4(2)7/h3H,1H2,2H3,(H2,9,10)/b5-4-. The summed E-state index contributed by atoms with van der Waals surface area (Å²) in [6.45, 7) is 5.34. The van der Waals surface area contributed by atoms with Crippen molar-refractivity contribution >= 4 is 44.4 Å². The molecule has 0 radical (unpaired) electrons. The van der Waals surface area contributed by atoms with Crippen LogP contribution in [0.2, 0.25) is 0 Å². The Morgan fingerprint density at radius 2 is 2.30 bits per heavy atom. The van der Waals surface area contributed by atoms with Crippen molar-refractivity contribution in [1.82, 2.24) is 0 Å². The lowest BCUT2D eigenvalue weighted by Crippen LogP contribution is -2.10. The van der Waals surface area contributed by atoms with E-state index in [0.717, 1.165) is 8.06 Å². The molecule has 4 heteroatoms. The molecule has 10 heavy (non-hydrogen) atoms. The molecule has 0 aliphatic rings. The Morgan fingerprint density at radius 3 is 2.60 bits per heavy atom. The molecule has 0 aliphatic heterocycles. The minimum Gasteiger partial charge on any atom is -0.383 e. The fourth-order valence-corrected chi connectivity index (χ4v) is 0.674. The van der Waals surface area contributed by atoms with E-state index >= 15 is 0 Å². The number of halogens is 2. The van der Waals surface area contributed by atoms with E-state index in [4.69, 9.17) is 5.73 Å². The molecule has 0 amide bonds. The van der Waals surface area contributed by atoms with Gasteiger partial charge in [0, 0.05) is 10.7 Å². The van der Waals surface area contributed by atoms with Gasteiger partial charge in [-0.15, -0.1) is 0 Å². The van der Waals surface area contributed by atoms with Crippen LogP contribution in [0.3, 0.4) is 0 Å². The van der Waals surface area contributed by atoms with Gasteiger partial charge in [-0.05, 0) is 29.5 Å². The summed E-state index contributed by atoms with van der Waals surface area (Å²) in [5, 5.41) is 0. The van der Waals surface area contributed by atoms with Gasteiger partial charge in [0.25, 0.3) is 0 Å². The molecular weight excluding hydrogens is 307 g/mol. The number of nitrogens with two attached hydrogens (primary N) is 1. The van der Waals surface area contributed by atoms with Crippen LogP contribution in [-0.2, 0) is 0 Å². The molecule has 0 heterocycles. The van der Waals surface area contributed by atoms with Crippen LogP contribution >= 0.6 is 38.5 Å². The molecule has 56 valence electrons. The summed E-state index contributed by atoms with van der Waals surface area (Å²) in [5.74, 6) is 0.491. The largest absolute Gasteiger partial charge is 0.383 e. The Hall–Kier alpha value is 0.160. The van der Waals surface area contributed by atoms with E-state index in [0.29, 0.717) is 5.84 Å². The highest BCUT2D eigenvalue weighted by Crippen LogP contribution is 2.17. The zero-order chi connectivity index (χ0) is 8.15. The second kappa shape index (κ2) is 4.90. The molecule has 0 saturated carbocycles. The first-order valence-corrected chi connectivity index (χ1v) is 4.43. The molecule has 0 bridgehead atoms. The Balaban J connectivity index is 4.51. The maximum atomic E-state index is 5.51. The Labute approximate surface area is 82.5 Å². The molecule has 0 fully saturated rings. The second-order valence-corrected chi connectivity index (χ2v) is 3.81. The normalized spacial score (nSPS) is 14.5. The summed E-state index contributed by atoms with van der Waals surface area (Å²) in [4.78, 5) is 3.81. The smallest absolute Gasteiger partial charge is 0.137 e. The van der Waals surface area contributed by atoms with E-state index in [9.17, 15) is 0 Å². The van der Waals surface area contributed by atoms with E-state index in [1.807, 2.05) is 6.92 Å². The van der Waals surface area contributed by atoms with Crippen LogP contribution in [0, 0.1) is 0 Å². The van der Waals surface area contributed by atoms with Gasteiger partial charge in [-0.25, -0.2) is 4.99 Å². The molecule has 0 atom stereocenters. The summed E-state index contributed by atoms with van der Waals surface area (Å²) in [5.41, 5.74) is 5.51. The molecule has 0 aromatic rings. The van der Waals surface area contributed by atoms with E-state index < -0.39 is 0 Å².